The summed E-state index contributed by atoms with van der Waals surface area (Å²) in [6.45, 7) is 13.8. The molecule has 7 nitrogen and oxygen atoms in total. The summed E-state index contributed by atoms with van der Waals surface area (Å²) in [5.74, 6) is -1.95. The molecule has 4 rings (SSSR count). The van der Waals surface area contributed by atoms with Crippen LogP contribution in [0.1, 0.15) is 32.3 Å². The average molecular weight is 653 g/mol. The standard InChI is InChI=1S/C30H39BrClN3O4S/c1-7-13-33(6)27(37)22-23-28(38)35(21(16-36)17(4)9-3)26(30(23)15-19(31)25(22)40-30)29(39)34(14-8-2)24-18(5)11-10-12-20(24)32/h7-8,10-12,17,19,21-23,25-26,36H,1-2,9,13-16H2,3-6H3/t17-,19?,21-,22+,23-,25+,26?,30?/m0/s1. The Labute approximate surface area is 255 Å². The maximum Gasteiger partial charge on any atom is 0.251 e. The number of benzene rings is 1. The highest BCUT2D eigenvalue weighted by Gasteiger charge is 2.76. The Morgan fingerprint density at radius 2 is 1.98 bits per heavy atom. The van der Waals surface area contributed by atoms with Gasteiger partial charge in [-0.25, -0.2) is 0 Å². The molecule has 3 aliphatic rings. The highest BCUT2D eigenvalue weighted by Crippen LogP contribution is 2.68. The van der Waals surface area contributed by atoms with Crippen LogP contribution < -0.4 is 4.90 Å². The van der Waals surface area contributed by atoms with E-state index in [4.69, 9.17) is 11.6 Å². The van der Waals surface area contributed by atoms with Crippen LogP contribution in [0.2, 0.25) is 5.02 Å². The minimum Gasteiger partial charge on any atom is -0.394 e. The predicted octanol–water partition coefficient (Wildman–Crippen LogP) is 4.68. The Morgan fingerprint density at radius 3 is 2.55 bits per heavy atom. The first-order valence-electron chi connectivity index (χ1n) is 13.8. The first-order chi connectivity index (χ1) is 19.0. The number of likely N-dealkylation sites (tertiary alicyclic amines) is 1. The lowest BCUT2D eigenvalue weighted by Gasteiger charge is -2.41. The number of halogens is 2. The van der Waals surface area contributed by atoms with Crippen LogP contribution in [0.15, 0.2) is 43.5 Å². The summed E-state index contributed by atoms with van der Waals surface area (Å²) in [6.07, 6.45) is 4.59. The molecule has 40 heavy (non-hydrogen) atoms. The molecule has 1 aromatic carbocycles. The van der Waals surface area contributed by atoms with E-state index in [1.54, 1.807) is 51.7 Å². The van der Waals surface area contributed by atoms with Gasteiger partial charge in [-0.3, -0.25) is 14.4 Å². The van der Waals surface area contributed by atoms with Crippen molar-refractivity contribution in [3.05, 3.63) is 54.1 Å². The number of nitrogens with zero attached hydrogens (tertiary/aromatic N) is 3. The summed E-state index contributed by atoms with van der Waals surface area (Å²) in [7, 11) is 1.72. The zero-order valence-corrected chi connectivity index (χ0v) is 26.7. The largest absolute Gasteiger partial charge is 0.394 e. The third-order valence-corrected chi connectivity index (χ3v) is 12.4. The summed E-state index contributed by atoms with van der Waals surface area (Å²) in [5.41, 5.74) is 1.41. The van der Waals surface area contributed by atoms with Crippen LogP contribution in [0.25, 0.3) is 0 Å². The molecular formula is C30H39BrClN3O4S. The van der Waals surface area contributed by atoms with E-state index in [1.165, 1.54) is 0 Å². The van der Waals surface area contributed by atoms with E-state index in [2.05, 4.69) is 29.1 Å². The minimum absolute atomic E-state index is 0.0473. The van der Waals surface area contributed by atoms with Crippen molar-refractivity contribution in [3.63, 3.8) is 0 Å². The summed E-state index contributed by atoms with van der Waals surface area (Å²) >= 11 is 12.1. The molecule has 3 fully saturated rings. The number of fused-ring (bicyclic) bond motifs is 1. The summed E-state index contributed by atoms with van der Waals surface area (Å²) in [6, 6.07) is 4.02. The molecule has 3 unspecified atom stereocenters. The number of hydrogen-bond acceptors (Lipinski definition) is 5. The topological polar surface area (TPSA) is 81.2 Å². The number of carbonyl (C=O) groups is 3. The average Bonchev–Trinajstić information content (AvgIpc) is 3.51. The second-order valence-electron chi connectivity index (χ2n) is 11.2. The van der Waals surface area contributed by atoms with E-state index >= 15 is 0 Å². The number of likely N-dealkylation sites (N-methyl/N-ethyl adjacent to an activating group) is 1. The smallest absolute Gasteiger partial charge is 0.251 e. The number of alkyl halides is 1. The highest BCUT2D eigenvalue weighted by atomic mass is 79.9. The molecule has 218 valence electrons. The first-order valence-corrected chi connectivity index (χ1v) is 16.0. The normalized spacial score (nSPS) is 30.1. The Balaban J connectivity index is 1.90. The fraction of sp³-hybridized carbons (Fsp3) is 0.567. The third-order valence-electron chi connectivity index (χ3n) is 8.91. The van der Waals surface area contributed by atoms with Gasteiger partial charge in [-0.05, 0) is 30.9 Å². The van der Waals surface area contributed by atoms with Crippen LogP contribution >= 0.6 is 39.3 Å². The molecule has 3 aliphatic heterocycles. The molecular weight excluding hydrogens is 614 g/mol. The number of aliphatic hydroxyl groups is 1. The number of anilines is 1. The number of thioether (sulfide) groups is 1. The highest BCUT2D eigenvalue weighted by molar-refractivity contribution is 9.09. The number of aryl methyl sites for hydroxylation is 1. The van der Waals surface area contributed by atoms with Crippen LogP contribution in [0.5, 0.6) is 0 Å². The van der Waals surface area contributed by atoms with Gasteiger partial charge in [-0.1, -0.05) is 72.1 Å². The third kappa shape index (κ3) is 4.84. The van der Waals surface area contributed by atoms with Gasteiger partial charge in [0.05, 0.1) is 39.9 Å². The lowest BCUT2D eigenvalue weighted by molar-refractivity contribution is -0.145. The second-order valence-corrected chi connectivity index (χ2v) is 14.3. The molecule has 0 saturated carbocycles. The van der Waals surface area contributed by atoms with Crippen molar-refractivity contribution in [1.29, 1.82) is 0 Å². The van der Waals surface area contributed by atoms with Gasteiger partial charge in [0, 0.05) is 30.2 Å². The van der Waals surface area contributed by atoms with Gasteiger partial charge >= 0.3 is 0 Å². The molecule has 3 heterocycles. The monoisotopic (exact) mass is 651 g/mol. The fourth-order valence-corrected chi connectivity index (χ4v) is 10.8. The van der Waals surface area contributed by atoms with Gasteiger partial charge in [0.1, 0.15) is 6.04 Å². The molecule has 10 heteroatoms. The van der Waals surface area contributed by atoms with Gasteiger partial charge in [0.2, 0.25) is 11.8 Å². The second kappa shape index (κ2) is 12.2. The number of para-hydroxylation sites is 1. The summed E-state index contributed by atoms with van der Waals surface area (Å²) in [4.78, 5) is 48.0. The van der Waals surface area contributed by atoms with Crippen molar-refractivity contribution in [2.75, 3.05) is 31.6 Å². The molecule has 1 aromatic rings. The summed E-state index contributed by atoms with van der Waals surface area (Å²) < 4.78 is -0.836. The lowest BCUT2D eigenvalue weighted by Crippen LogP contribution is -2.59. The minimum atomic E-state index is -0.885. The van der Waals surface area contributed by atoms with Gasteiger partial charge in [0.25, 0.3) is 5.91 Å². The molecule has 2 bridgehead atoms. The van der Waals surface area contributed by atoms with Gasteiger partial charge < -0.3 is 19.8 Å². The quantitative estimate of drug-likeness (QED) is 0.277. The fourth-order valence-electron chi connectivity index (χ4n) is 6.87. The Bertz CT molecular complexity index is 1180. The Hall–Kier alpha value is -1.81. The van der Waals surface area contributed by atoms with Crippen molar-refractivity contribution in [1.82, 2.24) is 9.80 Å². The van der Waals surface area contributed by atoms with E-state index < -0.39 is 28.7 Å². The zero-order valence-electron chi connectivity index (χ0n) is 23.6. The van der Waals surface area contributed by atoms with Gasteiger partial charge in [0.15, 0.2) is 0 Å². The zero-order chi connectivity index (χ0) is 29.5. The van der Waals surface area contributed by atoms with Crippen LogP contribution in [0.3, 0.4) is 0 Å². The SMILES string of the molecule is C=CCN(C)C(=O)[C@H]1[C@@H]2SC3(CC2Br)C(C(=O)N(CC=C)c2c(C)cccc2Cl)N([C@@H](CO)[C@@H](C)CC)C(=O)[C@H]13. The molecule has 1 spiro atoms. The molecule has 3 saturated heterocycles. The van der Waals surface area contributed by atoms with Crippen molar-refractivity contribution >= 4 is 62.7 Å². The van der Waals surface area contributed by atoms with E-state index in [0.29, 0.717) is 23.7 Å². The first kappa shape index (κ1) is 31.1. The van der Waals surface area contributed by atoms with Crippen LogP contribution in [-0.2, 0) is 14.4 Å². The van der Waals surface area contributed by atoms with E-state index in [1.807, 2.05) is 32.9 Å². The predicted molar refractivity (Wildman–Crippen MR) is 166 cm³/mol. The van der Waals surface area contributed by atoms with E-state index in [9.17, 15) is 19.5 Å². The number of hydrogen-bond donors (Lipinski definition) is 1. The van der Waals surface area contributed by atoms with E-state index in [0.717, 1.165) is 12.0 Å². The molecule has 8 atom stereocenters. The Kier molecular flexibility index (Phi) is 9.49. The molecule has 0 aliphatic carbocycles. The number of rotatable bonds is 11. The van der Waals surface area contributed by atoms with E-state index in [-0.39, 0.29) is 46.9 Å². The maximum absolute atomic E-state index is 14.9. The van der Waals surface area contributed by atoms with Gasteiger partial charge in [-0.2, -0.15) is 0 Å². The number of aliphatic hydroxyl groups excluding tert-OH is 1. The van der Waals surface area contributed by atoms with Crippen molar-refractivity contribution in [3.8, 4) is 0 Å². The molecule has 0 radical (unpaired) electrons. The number of amides is 3. The molecule has 3 amide bonds. The van der Waals surface area contributed by atoms with Gasteiger partial charge in [-0.15, -0.1) is 24.9 Å². The molecule has 0 aromatic heterocycles. The van der Waals surface area contributed by atoms with Crippen molar-refractivity contribution < 1.29 is 19.5 Å². The van der Waals surface area contributed by atoms with Crippen molar-refractivity contribution in [2.24, 2.45) is 17.8 Å². The lowest BCUT2D eigenvalue weighted by atomic mass is 9.70. The molecule has 1 N–H and O–H groups in total. The maximum atomic E-state index is 14.9. The number of carbonyl (C=O) groups excluding carboxylic acids is 3. The Morgan fingerprint density at radius 1 is 1.30 bits per heavy atom. The van der Waals surface area contributed by atoms with Crippen molar-refractivity contribution in [2.45, 2.75) is 60.5 Å². The van der Waals surface area contributed by atoms with Crippen LogP contribution in [0, 0.1) is 24.7 Å². The van der Waals surface area contributed by atoms with Crippen LogP contribution in [-0.4, -0.2) is 86.3 Å². The van der Waals surface area contributed by atoms with Crippen LogP contribution in [0.4, 0.5) is 5.69 Å². The summed E-state index contributed by atoms with van der Waals surface area (Å²) in [5, 5.41) is 10.9.